The van der Waals surface area contributed by atoms with Crippen molar-refractivity contribution in [1.82, 2.24) is 9.78 Å². The van der Waals surface area contributed by atoms with Crippen molar-refractivity contribution < 1.29 is 17.9 Å². The van der Waals surface area contributed by atoms with Gasteiger partial charge in [0.15, 0.2) is 11.1 Å². The van der Waals surface area contributed by atoms with Crippen molar-refractivity contribution in [2.24, 2.45) is 0 Å². The zero-order valence-corrected chi connectivity index (χ0v) is 16.6. The van der Waals surface area contributed by atoms with Gasteiger partial charge < -0.3 is 4.74 Å². The summed E-state index contributed by atoms with van der Waals surface area (Å²) in [5, 5.41) is 4.71. The van der Waals surface area contributed by atoms with Crippen LogP contribution in [0.2, 0.25) is 0 Å². The van der Waals surface area contributed by atoms with Crippen LogP contribution in [-0.2, 0) is 50.6 Å². The molecule has 0 radical (unpaired) electrons. The van der Waals surface area contributed by atoms with Gasteiger partial charge >= 0.3 is 5.97 Å². The molecule has 0 amide bonds. The van der Waals surface area contributed by atoms with Gasteiger partial charge in [0.1, 0.15) is 0 Å². The molecule has 1 aromatic carbocycles. The number of benzene rings is 1. The van der Waals surface area contributed by atoms with Crippen LogP contribution in [0.3, 0.4) is 0 Å². The average molecular weight is 378 g/mol. The third-order valence-corrected chi connectivity index (χ3v) is 5.11. The molecule has 0 aliphatic rings. The number of aryl methyl sites for hydroxylation is 1. The molecule has 1 heterocycles. The van der Waals surface area contributed by atoms with Crippen LogP contribution in [0.15, 0.2) is 29.2 Å². The summed E-state index contributed by atoms with van der Waals surface area (Å²) in [4.78, 5) is 12.6. The van der Waals surface area contributed by atoms with Gasteiger partial charge in [-0.05, 0) is 37.5 Å². The van der Waals surface area contributed by atoms with Gasteiger partial charge in [0, 0.05) is 11.3 Å². The van der Waals surface area contributed by atoms with Gasteiger partial charge in [0.2, 0.25) is 0 Å². The molecule has 1 unspecified atom stereocenters. The van der Waals surface area contributed by atoms with Crippen molar-refractivity contribution in [3.8, 4) is 0 Å². The molecule has 26 heavy (non-hydrogen) atoms. The zero-order valence-electron chi connectivity index (χ0n) is 15.8. The second-order valence-electron chi connectivity index (χ2n) is 5.76. The molecule has 2 aromatic rings. The molecular formula is C19H26N2O4S. The van der Waals surface area contributed by atoms with Crippen molar-refractivity contribution in [3.05, 3.63) is 46.8 Å². The van der Waals surface area contributed by atoms with Crippen LogP contribution in [0.1, 0.15) is 43.3 Å². The van der Waals surface area contributed by atoms with Crippen LogP contribution >= 0.6 is 0 Å². The lowest BCUT2D eigenvalue weighted by atomic mass is 10.1. The quantitative estimate of drug-likeness (QED) is 0.628. The smallest absolute Gasteiger partial charge is 0.310 e. The molecule has 1 aromatic heterocycles. The van der Waals surface area contributed by atoms with E-state index in [-0.39, 0.29) is 12.4 Å². The summed E-state index contributed by atoms with van der Waals surface area (Å²) >= 11 is -1.43. The highest BCUT2D eigenvalue weighted by Gasteiger charge is 2.19. The van der Waals surface area contributed by atoms with Crippen LogP contribution in [-0.4, -0.2) is 33.7 Å². The molecule has 0 spiro atoms. The fraction of sp³-hybridized carbons (Fsp3) is 0.474. The zero-order chi connectivity index (χ0) is 19.1. The molecule has 2 rings (SSSR count). The van der Waals surface area contributed by atoms with Crippen molar-refractivity contribution in [2.75, 3.05) is 13.7 Å². The minimum Gasteiger partial charge on any atom is -0.466 e. The average Bonchev–Trinajstić information content (AvgIpc) is 2.97. The van der Waals surface area contributed by atoms with E-state index in [1.807, 2.05) is 30.7 Å². The lowest BCUT2D eigenvalue weighted by molar-refractivity contribution is -0.142. The van der Waals surface area contributed by atoms with Gasteiger partial charge in [-0.3, -0.25) is 13.7 Å². The molecule has 0 N–H and O–H groups in total. The number of carbonyl (C=O) groups is 1. The van der Waals surface area contributed by atoms with E-state index in [9.17, 15) is 9.00 Å². The first kappa shape index (κ1) is 20.3. The lowest BCUT2D eigenvalue weighted by Gasteiger charge is -2.09. The Morgan fingerprint density at radius 2 is 1.85 bits per heavy atom. The number of hydrogen-bond donors (Lipinski definition) is 0. The van der Waals surface area contributed by atoms with Crippen molar-refractivity contribution in [1.29, 1.82) is 0 Å². The van der Waals surface area contributed by atoms with Crippen molar-refractivity contribution >= 4 is 17.0 Å². The van der Waals surface area contributed by atoms with E-state index in [1.54, 1.807) is 12.1 Å². The van der Waals surface area contributed by atoms with Crippen LogP contribution in [0.5, 0.6) is 0 Å². The number of nitrogens with zero attached hydrogens (tertiary/aromatic N) is 2. The minimum atomic E-state index is -1.43. The number of esters is 1. The summed E-state index contributed by atoms with van der Waals surface area (Å²) in [6.45, 7) is 6.88. The maximum absolute atomic E-state index is 11.9. The van der Waals surface area contributed by atoms with E-state index in [4.69, 9.17) is 14.0 Å². The minimum absolute atomic E-state index is 0.220. The number of ether oxygens (including phenoxy) is 1. The third-order valence-electron chi connectivity index (χ3n) is 4.15. The Hall–Kier alpha value is -1.99. The van der Waals surface area contributed by atoms with Gasteiger partial charge in [-0.2, -0.15) is 5.10 Å². The standard InChI is InChI=1S/C19H26N2O4S/c1-5-17-16(12-19(22)25-7-3)18(6-2)21(20-17)13-14-8-10-15(11-9-14)26(23)24-4/h8-11H,5-7,12-13H2,1-4H3. The molecule has 0 aliphatic carbocycles. The van der Waals surface area contributed by atoms with Crippen molar-refractivity contribution in [3.63, 3.8) is 0 Å². The topological polar surface area (TPSA) is 70.4 Å². The van der Waals surface area contributed by atoms with Gasteiger partial charge in [0.25, 0.3) is 0 Å². The number of rotatable bonds is 9. The predicted molar refractivity (Wildman–Crippen MR) is 100 cm³/mol. The second kappa shape index (κ2) is 9.64. The Labute approximate surface area is 157 Å². The lowest BCUT2D eigenvalue weighted by Crippen LogP contribution is -2.11. The van der Waals surface area contributed by atoms with Crippen LogP contribution in [0, 0.1) is 0 Å². The van der Waals surface area contributed by atoms with Gasteiger partial charge in [-0.1, -0.05) is 26.0 Å². The molecule has 0 bridgehead atoms. The molecule has 6 nitrogen and oxygen atoms in total. The molecular weight excluding hydrogens is 352 g/mol. The van der Waals surface area contributed by atoms with E-state index < -0.39 is 11.1 Å². The Morgan fingerprint density at radius 3 is 2.38 bits per heavy atom. The molecule has 0 saturated carbocycles. The third kappa shape index (κ3) is 4.80. The van der Waals surface area contributed by atoms with E-state index in [2.05, 4.69) is 6.92 Å². The highest BCUT2D eigenvalue weighted by molar-refractivity contribution is 7.80. The molecule has 7 heteroatoms. The largest absolute Gasteiger partial charge is 0.466 e. The fourth-order valence-electron chi connectivity index (χ4n) is 2.94. The second-order valence-corrected chi connectivity index (χ2v) is 7.04. The first-order valence-electron chi connectivity index (χ1n) is 8.82. The Bertz CT molecular complexity index is 769. The Kier molecular flexibility index (Phi) is 7.53. The summed E-state index contributed by atoms with van der Waals surface area (Å²) < 4.78 is 23.5. The molecule has 0 saturated heterocycles. The van der Waals surface area contributed by atoms with E-state index in [0.29, 0.717) is 18.0 Å². The summed E-state index contributed by atoms with van der Waals surface area (Å²) in [6, 6.07) is 7.43. The van der Waals surface area contributed by atoms with E-state index >= 15 is 0 Å². The number of hydrogen-bond acceptors (Lipinski definition) is 5. The SMILES string of the molecule is CCOC(=O)Cc1c(CC)nn(Cc2ccc(S(=O)OC)cc2)c1CC. The highest BCUT2D eigenvalue weighted by atomic mass is 32.2. The Balaban J connectivity index is 2.27. The van der Waals surface area contributed by atoms with E-state index in [0.717, 1.165) is 35.4 Å². The molecule has 1 atom stereocenters. The Morgan fingerprint density at radius 1 is 1.15 bits per heavy atom. The van der Waals surface area contributed by atoms with Gasteiger partial charge in [0.05, 0.1) is 37.3 Å². The summed E-state index contributed by atoms with van der Waals surface area (Å²) in [6.07, 6.45) is 1.81. The van der Waals surface area contributed by atoms with Crippen LogP contribution in [0.4, 0.5) is 0 Å². The maximum Gasteiger partial charge on any atom is 0.310 e. The van der Waals surface area contributed by atoms with Crippen LogP contribution in [0.25, 0.3) is 0 Å². The molecule has 0 fully saturated rings. The first-order chi connectivity index (χ1) is 12.5. The first-order valence-corrected chi connectivity index (χ1v) is 9.89. The molecule has 142 valence electrons. The molecule has 0 aliphatic heterocycles. The van der Waals surface area contributed by atoms with Gasteiger partial charge in [-0.25, -0.2) is 4.21 Å². The predicted octanol–water partition coefficient (Wildman–Crippen LogP) is 2.83. The summed E-state index contributed by atoms with van der Waals surface area (Å²) in [5.74, 6) is -0.220. The normalized spacial score (nSPS) is 12.2. The summed E-state index contributed by atoms with van der Waals surface area (Å²) in [5.41, 5.74) is 4.02. The van der Waals surface area contributed by atoms with Gasteiger partial charge in [-0.15, -0.1) is 0 Å². The fourth-order valence-corrected chi connectivity index (χ4v) is 3.49. The van der Waals surface area contributed by atoms with Crippen LogP contribution < -0.4 is 0 Å². The summed E-state index contributed by atoms with van der Waals surface area (Å²) in [7, 11) is 1.42. The monoisotopic (exact) mass is 378 g/mol. The van der Waals surface area contributed by atoms with E-state index in [1.165, 1.54) is 7.11 Å². The number of aromatic nitrogens is 2. The maximum atomic E-state index is 11.9. The van der Waals surface area contributed by atoms with Crippen molar-refractivity contribution in [2.45, 2.75) is 51.5 Å². The number of carbonyl (C=O) groups excluding carboxylic acids is 1. The highest BCUT2D eigenvalue weighted by Crippen LogP contribution is 2.19.